The molecule has 1 fully saturated rings. The molecule has 0 spiro atoms. The van der Waals surface area contributed by atoms with Crippen LogP contribution in [0.25, 0.3) is 0 Å². The zero-order chi connectivity index (χ0) is 14.5. The number of nitrogens with one attached hydrogen (secondary N) is 1. The molecule has 2 aromatic rings. The molecule has 3 nitrogen and oxygen atoms in total. The Kier molecular flexibility index (Phi) is 4.88. The highest BCUT2D eigenvalue weighted by atomic mass is 32.1. The lowest BCUT2D eigenvalue weighted by Gasteiger charge is -2.31. The van der Waals surface area contributed by atoms with E-state index in [0.717, 1.165) is 31.1 Å². The van der Waals surface area contributed by atoms with E-state index in [1.54, 1.807) is 6.20 Å². The van der Waals surface area contributed by atoms with Gasteiger partial charge < -0.3 is 4.98 Å². The highest BCUT2D eigenvalue weighted by Gasteiger charge is 2.19. The Morgan fingerprint density at radius 1 is 1.24 bits per heavy atom. The van der Waals surface area contributed by atoms with Crippen LogP contribution in [-0.2, 0) is 13.0 Å². The largest absolute Gasteiger partial charge is 0.329 e. The summed E-state index contributed by atoms with van der Waals surface area (Å²) >= 11 is 1.87. The average molecular weight is 302 g/mol. The van der Waals surface area contributed by atoms with Crippen LogP contribution >= 0.6 is 11.3 Å². The van der Waals surface area contributed by atoms with Crippen LogP contribution in [0.5, 0.6) is 0 Å². The molecule has 0 aliphatic carbocycles. The number of aryl methyl sites for hydroxylation is 1. The molecule has 0 aromatic carbocycles. The number of thiophene rings is 1. The Bertz CT molecular complexity index is 597. The first-order chi connectivity index (χ1) is 10.3. The first-order valence-electron chi connectivity index (χ1n) is 7.72. The van der Waals surface area contributed by atoms with Gasteiger partial charge in [-0.1, -0.05) is 12.1 Å². The molecule has 0 bridgehead atoms. The number of nitrogens with zero attached hydrogens (tertiary/aromatic N) is 1. The Morgan fingerprint density at radius 3 is 2.81 bits per heavy atom. The highest BCUT2D eigenvalue weighted by Crippen LogP contribution is 2.24. The molecule has 21 heavy (non-hydrogen) atoms. The van der Waals surface area contributed by atoms with Gasteiger partial charge in [0.1, 0.15) is 0 Å². The molecule has 0 unspecified atom stereocenters. The van der Waals surface area contributed by atoms with Crippen LogP contribution in [0.3, 0.4) is 0 Å². The van der Waals surface area contributed by atoms with Gasteiger partial charge in [0.2, 0.25) is 0 Å². The van der Waals surface area contributed by atoms with E-state index in [0.29, 0.717) is 0 Å². The third kappa shape index (κ3) is 4.05. The minimum absolute atomic E-state index is 0.0531. The lowest BCUT2D eigenvalue weighted by molar-refractivity contribution is 0.172. The number of hydrogen-bond acceptors (Lipinski definition) is 3. The molecule has 0 atom stereocenters. The Balaban J connectivity index is 1.45. The van der Waals surface area contributed by atoms with Crippen molar-refractivity contribution in [3.63, 3.8) is 0 Å². The summed E-state index contributed by atoms with van der Waals surface area (Å²) in [4.78, 5) is 18.4. The van der Waals surface area contributed by atoms with Crippen molar-refractivity contribution >= 4 is 11.3 Å². The standard InChI is InChI=1S/C17H22N2OS/c20-17-15(3-1-9-18-17)13-19-10-7-14(8-11-19)5-6-16-4-2-12-21-16/h1-4,9,12,14H,5-8,10-11,13H2,(H,18,20). The number of hydrogen-bond donors (Lipinski definition) is 1. The molecule has 0 radical (unpaired) electrons. The van der Waals surface area contributed by atoms with Gasteiger partial charge in [-0.25, -0.2) is 0 Å². The van der Waals surface area contributed by atoms with Crippen molar-refractivity contribution in [2.75, 3.05) is 13.1 Å². The first-order valence-corrected chi connectivity index (χ1v) is 8.60. The van der Waals surface area contributed by atoms with Gasteiger partial charge in [0.25, 0.3) is 5.56 Å². The minimum Gasteiger partial charge on any atom is -0.329 e. The molecular formula is C17H22N2OS. The topological polar surface area (TPSA) is 36.1 Å². The van der Waals surface area contributed by atoms with Crippen LogP contribution in [0.15, 0.2) is 40.6 Å². The Labute approximate surface area is 129 Å². The molecule has 0 amide bonds. The van der Waals surface area contributed by atoms with Gasteiger partial charge in [-0.05, 0) is 62.2 Å². The monoisotopic (exact) mass is 302 g/mol. The van der Waals surface area contributed by atoms with Crippen LogP contribution in [0, 0.1) is 5.92 Å². The number of H-pyrrole nitrogens is 1. The van der Waals surface area contributed by atoms with E-state index >= 15 is 0 Å². The van der Waals surface area contributed by atoms with E-state index in [4.69, 9.17) is 0 Å². The van der Waals surface area contributed by atoms with Crippen molar-refractivity contribution in [2.45, 2.75) is 32.2 Å². The summed E-state index contributed by atoms with van der Waals surface area (Å²) in [7, 11) is 0. The second-order valence-electron chi connectivity index (χ2n) is 5.86. The van der Waals surface area contributed by atoms with Gasteiger partial charge in [-0.3, -0.25) is 9.69 Å². The fourth-order valence-corrected chi connectivity index (χ4v) is 3.78. The van der Waals surface area contributed by atoms with Crippen molar-refractivity contribution in [3.8, 4) is 0 Å². The molecular weight excluding hydrogens is 280 g/mol. The number of aromatic amines is 1. The fraction of sp³-hybridized carbons (Fsp3) is 0.471. The van der Waals surface area contributed by atoms with Crippen LogP contribution in [0.1, 0.15) is 29.7 Å². The van der Waals surface area contributed by atoms with Crippen LogP contribution in [0.2, 0.25) is 0 Å². The molecule has 3 heterocycles. The maximum Gasteiger partial charge on any atom is 0.252 e. The second kappa shape index (κ2) is 7.05. The highest BCUT2D eigenvalue weighted by molar-refractivity contribution is 7.09. The summed E-state index contributed by atoms with van der Waals surface area (Å²) in [5, 5.41) is 2.16. The Hall–Kier alpha value is -1.39. The maximum atomic E-state index is 11.7. The number of pyridine rings is 1. The van der Waals surface area contributed by atoms with Gasteiger partial charge in [-0.2, -0.15) is 0 Å². The lowest BCUT2D eigenvalue weighted by atomic mass is 9.92. The summed E-state index contributed by atoms with van der Waals surface area (Å²) in [6, 6.07) is 8.22. The molecule has 112 valence electrons. The van der Waals surface area contributed by atoms with E-state index in [-0.39, 0.29) is 5.56 Å². The third-order valence-corrected chi connectivity index (χ3v) is 5.32. The van der Waals surface area contributed by atoms with Crippen LogP contribution in [-0.4, -0.2) is 23.0 Å². The molecule has 1 saturated heterocycles. The summed E-state index contributed by atoms with van der Waals surface area (Å²) < 4.78 is 0. The maximum absolute atomic E-state index is 11.7. The van der Waals surface area contributed by atoms with Gasteiger partial charge in [0.05, 0.1) is 0 Å². The molecule has 1 aliphatic heterocycles. The van der Waals surface area contributed by atoms with Crippen molar-refractivity contribution < 1.29 is 0 Å². The Morgan fingerprint density at radius 2 is 2.10 bits per heavy atom. The summed E-state index contributed by atoms with van der Waals surface area (Å²) in [6.07, 6.45) is 6.75. The molecule has 3 rings (SSSR count). The van der Waals surface area contributed by atoms with Crippen molar-refractivity contribution in [1.82, 2.24) is 9.88 Å². The summed E-state index contributed by atoms with van der Waals surface area (Å²) in [5.74, 6) is 0.845. The van der Waals surface area contributed by atoms with Crippen molar-refractivity contribution in [3.05, 3.63) is 56.6 Å². The van der Waals surface area contributed by atoms with Crippen LogP contribution < -0.4 is 5.56 Å². The van der Waals surface area contributed by atoms with E-state index < -0.39 is 0 Å². The van der Waals surface area contributed by atoms with Gasteiger partial charge in [0, 0.05) is 23.2 Å². The zero-order valence-electron chi connectivity index (χ0n) is 12.3. The third-order valence-electron chi connectivity index (χ3n) is 4.38. The van der Waals surface area contributed by atoms with Gasteiger partial charge in [-0.15, -0.1) is 11.3 Å². The quantitative estimate of drug-likeness (QED) is 0.920. The number of aromatic nitrogens is 1. The average Bonchev–Trinajstić information content (AvgIpc) is 3.02. The number of likely N-dealkylation sites (tertiary alicyclic amines) is 1. The molecule has 0 saturated carbocycles. The molecule has 1 aliphatic rings. The molecule has 4 heteroatoms. The predicted octanol–water partition coefficient (Wildman–Crippen LogP) is 3.28. The van der Waals surface area contributed by atoms with Crippen molar-refractivity contribution in [1.29, 1.82) is 0 Å². The van der Waals surface area contributed by atoms with E-state index in [2.05, 4.69) is 27.4 Å². The minimum atomic E-state index is 0.0531. The first kappa shape index (κ1) is 14.5. The molecule has 2 aromatic heterocycles. The summed E-state index contributed by atoms with van der Waals surface area (Å²) in [6.45, 7) is 3.01. The van der Waals surface area contributed by atoms with Crippen molar-refractivity contribution in [2.24, 2.45) is 5.92 Å². The normalized spacial score (nSPS) is 17.1. The van der Waals surface area contributed by atoms with Crippen LogP contribution in [0.4, 0.5) is 0 Å². The van der Waals surface area contributed by atoms with E-state index in [1.165, 1.54) is 30.6 Å². The molecule has 1 N–H and O–H groups in total. The van der Waals surface area contributed by atoms with E-state index in [1.807, 2.05) is 23.5 Å². The smallest absolute Gasteiger partial charge is 0.252 e. The summed E-state index contributed by atoms with van der Waals surface area (Å²) in [5.41, 5.74) is 0.937. The second-order valence-corrected chi connectivity index (χ2v) is 6.89. The zero-order valence-corrected chi connectivity index (χ0v) is 13.1. The predicted molar refractivity (Wildman–Crippen MR) is 87.7 cm³/mol. The van der Waals surface area contributed by atoms with E-state index in [9.17, 15) is 4.79 Å². The number of piperidine rings is 1. The SMILES string of the molecule is O=c1[nH]cccc1CN1CCC(CCc2cccs2)CC1. The van der Waals surface area contributed by atoms with Gasteiger partial charge >= 0.3 is 0 Å². The van der Waals surface area contributed by atoms with Gasteiger partial charge in [0.15, 0.2) is 0 Å². The number of rotatable bonds is 5. The fourth-order valence-electron chi connectivity index (χ4n) is 3.06. The lowest BCUT2D eigenvalue weighted by Crippen LogP contribution is -2.34.